The Morgan fingerprint density at radius 1 is 1.33 bits per heavy atom. The van der Waals surface area contributed by atoms with Gasteiger partial charge in [-0.1, -0.05) is 23.8 Å². The third-order valence-corrected chi connectivity index (χ3v) is 3.09. The van der Waals surface area contributed by atoms with Crippen LogP contribution >= 0.6 is 0 Å². The molecule has 0 aromatic heterocycles. The summed E-state index contributed by atoms with van der Waals surface area (Å²) in [5.41, 5.74) is 4.04. The van der Waals surface area contributed by atoms with Crippen molar-refractivity contribution in [3.05, 3.63) is 34.9 Å². The molecule has 1 aliphatic heterocycles. The monoisotopic (exact) mass is 205 g/mol. The van der Waals surface area contributed by atoms with E-state index in [4.69, 9.17) is 4.74 Å². The second-order valence-corrected chi connectivity index (χ2v) is 4.37. The number of nitrogens with one attached hydrogen (secondary N) is 1. The van der Waals surface area contributed by atoms with E-state index in [2.05, 4.69) is 44.3 Å². The number of hydrogen-bond donors (Lipinski definition) is 1. The minimum atomic E-state index is 0.263. The predicted octanol–water partition coefficient (Wildman–Crippen LogP) is 2.35. The first kappa shape index (κ1) is 10.7. The SMILES string of the molecule is Cc1ccc(C)c(C2NCCOC2C)c1. The summed E-state index contributed by atoms with van der Waals surface area (Å²) in [6.07, 6.45) is 0.263. The lowest BCUT2D eigenvalue weighted by molar-refractivity contribution is 0.00738. The molecule has 0 aliphatic carbocycles. The molecule has 2 heteroatoms. The Labute approximate surface area is 91.6 Å². The Morgan fingerprint density at radius 2 is 2.13 bits per heavy atom. The number of hydrogen-bond acceptors (Lipinski definition) is 2. The highest BCUT2D eigenvalue weighted by Crippen LogP contribution is 2.25. The summed E-state index contributed by atoms with van der Waals surface area (Å²) in [5, 5.41) is 3.53. The van der Waals surface area contributed by atoms with Gasteiger partial charge >= 0.3 is 0 Å². The third-order valence-electron chi connectivity index (χ3n) is 3.09. The molecule has 2 unspecified atom stereocenters. The maximum Gasteiger partial charge on any atom is 0.0742 e. The summed E-state index contributed by atoms with van der Waals surface area (Å²) in [7, 11) is 0. The van der Waals surface area contributed by atoms with Crippen molar-refractivity contribution < 1.29 is 4.74 Å². The van der Waals surface area contributed by atoms with Gasteiger partial charge < -0.3 is 10.1 Å². The molecule has 0 saturated carbocycles. The van der Waals surface area contributed by atoms with Crippen LogP contribution in [0.3, 0.4) is 0 Å². The number of morpholine rings is 1. The van der Waals surface area contributed by atoms with Gasteiger partial charge in [0.2, 0.25) is 0 Å². The van der Waals surface area contributed by atoms with Crippen LogP contribution in [0.4, 0.5) is 0 Å². The van der Waals surface area contributed by atoms with E-state index < -0.39 is 0 Å². The van der Waals surface area contributed by atoms with Crippen molar-refractivity contribution in [3.8, 4) is 0 Å². The second kappa shape index (κ2) is 4.33. The van der Waals surface area contributed by atoms with Crippen molar-refractivity contribution in [2.75, 3.05) is 13.2 Å². The van der Waals surface area contributed by atoms with Crippen LogP contribution in [0, 0.1) is 13.8 Å². The van der Waals surface area contributed by atoms with E-state index in [1.54, 1.807) is 0 Å². The van der Waals surface area contributed by atoms with Crippen LogP contribution in [0.5, 0.6) is 0 Å². The zero-order valence-corrected chi connectivity index (χ0v) is 9.71. The summed E-state index contributed by atoms with van der Waals surface area (Å²) < 4.78 is 5.68. The third kappa shape index (κ3) is 2.21. The highest BCUT2D eigenvalue weighted by molar-refractivity contribution is 5.33. The topological polar surface area (TPSA) is 21.3 Å². The average Bonchev–Trinajstić information content (AvgIpc) is 2.23. The first-order valence-electron chi connectivity index (χ1n) is 5.60. The molecule has 1 fully saturated rings. The van der Waals surface area contributed by atoms with Gasteiger partial charge in [0, 0.05) is 6.54 Å². The molecule has 1 saturated heterocycles. The lowest BCUT2D eigenvalue weighted by atomic mass is 9.95. The van der Waals surface area contributed by atoms with Gasteiger partial charge in [-0.3, -0.25) is 0 Å². The van der Waals surface area contributed by atoms with Crippen molar-refractivity contribution in [1.29, 1.82) is 0 Å². The van der Waals surface area contributed by atoms with Gasteiger partial charge in [0.25, 0.3) is 0 Å². The molecule has 2 atom stereocenters. The molecule has 2 rings (SSSR count). The van der Waals surface area contributed by atoms with Crippen molar-refractivity contribution in [2.24, 2.45) is 0 Å². The summed E-state index contributed by atoms with van der Waals surface area (Å²) in [6.45, 7) is 8.21. The molecule has 1 heterocycles. The van der Waals surface area contributed by atoms with Crippen LogP contribution < -0.4 is 5.32 Å². The van der Waals surface area contributed by atoms with Crippen LogP contribution in [0.2, 0.25) is 0 Å². The van der Waals surface area contributed by atoms with Gasteiger partial charge in [0.15, 0.2) is 0 Å². The summed E-state index contributed by atoms with van der Waals surface area (Å²) >= 11 is 0. The van der Waals surface area contributed by atoms with Gasteiger partial charge in [-0.2, -0.15) is 0 Å². The van der Waals surface area contributed by atoms with Crippen molar-refractivity contribution in [1.82, 2.24) is 5.32 Å². The molecule has 1 aliphatic rings. The van der Waals surface area contributed by atoms with Crippen LogP contribution in [0.25, 0.3) is 0 Å². The van der Waals surface area contributed by atoms with Crippen LogP contribution in [0.15, 0.2) is 18.2 Å². The Balaban J connectivity index is 2.30. The normalized spacial score (nSPS) is 26.6. The first-order chi connectivity index (χ1) is 7.18. The zero-order valence-electron chi connectivity index (χ0n) is 9.71. The van der Waals surface area contributed by atoms with Gasteiger partial charge in [-0.25, -0.2) is 0 Å². The van der Waals surface area contributed by atoms with Gasteiger partial charge in [-0.05, 0) is 31.9 Å². The van der Waals surface area contributed by atoms with Crippen LogP contribution in [-0.4, -0.2) is 19.3 Å². The fraction of sp³-hybridized carbons (Fsp3) is 0.538. The number of rotatable bonds is 1. The highest BCUT2D eigenvalue weighted by atomic mass is 16.5. The van der Waals surface area contributed by atoms with Crippen LogP contribution in [0.1, 0.15) is 29.7 Å². The summed E-state index contributed by atoms with van der Waals surface area (Å²) in [6, 6.07) is 6.96. The zero-order chi connectivity index (χ0) is 10.8. The van der Waals surface area contributed by atoms with E-state index in [1.807, 2.05) is 0 Å². The minimum Gasteiger partial charge on any atom is -0.375 e. The molecule has 0 radical (unpaired) electrons. The number of aryl methyl sites for hydroxylation is 2. The van der Waals surface area contributed by atoms with Crippen molar-refractivity contribution in [2.45, 2.75) is 32.9 Å². The average molecular weight is 205 g/mol. The lowest BCUT2D eigenvalue weighted by Crippen LogP contribution is -2.40. The first-order valence-corrected chi connectivity index (χ1v) is 5.60. The Kier molecular flexibility index (Phi) is 3.08. The maximum atomic E-state index is 5.68. The summed E-state index contributed by atoms with van der Waals surface area (Å²) in [4.78, 5) is 0. The lowest BCUT2D eigenvalue weighted by Gasteiger charge is -2.31. The summed E-state index contributed by atoms with van der Waals surface area (Å²) in [5.74, 6) is 0. The van der Waals surface area contributed by atoms with E-state index in [1.165, 1.54) is 16.7 Å². The Bertz CT molecular complexity index is 348. The van der Waals surface area contributed by atoms with Crippen molar-refractivity contribution in [3.63, 3.8) is 0 Å². The molecule has 0 spiro atoms. The predicted molar refractivity (Wildman–Crippen MR) is 62.1 cm³/mol. The molecule has 0 bridgehead atoms. The van der Waals surface area contributed by atoms with Gasteiger partial charge in [-0.15, -0.1) is 0 Å². The van der Waals surface area contributed by atoms with E-state index in [0.717, 1.165) is 13.2 Å². The van der Waals surface area contributed by atoms with Crippen molar-refractivity contribution >= 4 is 0 Å². The molecule has 15 heavy (non-hydrogen) atoms. The quantitative estimate of drug-likeness (QED) is 0.760. The number of benzene rings is 1. The molecule has 1 N–H and O–H groups in total. The highest BCUT2D eigenvalue weighted by Gasteiger charge is 2.24. The van der Waals surface area contributed by atoms with Gasteiger partial charge in [0.05, 0.1) is 18.8 Å². The fourth-order valence-corrected chi connectivity index (χ4v) is 2.18. The largest absolute Gasteiger partial charge is 0.375 e. The minimum absolute atomic E-state index is 0.263. The molecule has 1 aromatic carbocycles. The second-order valence-electron chi connectivity index (χ2n) is 4.37. The molecular weight excluding hydrogens is 186 g/mol. The van der Waals surface area contributed by atoms with E-state index in [-0.39, 0.29) is 6.10 Å². The smallest absolute Gasteiger partial charge is 0.0742 e. The number of ether oxygens (including phenoxy) is 1. The fourth-order valence-electron chi connectivity index (χ4n) is 2.18. The molecule has 82 valence electrons. The van der Waals surface area contributed by atoms with E-state index >= 15 is 0 Å². The van der Waals surface area contributed by atoms with E-state index in [0.29, 0.717) is 6.04 Å². The molecule has 1 aromatic rings. The van der Waals surface area contributed by atoms with Gasteiger partial charge in [0.1, 0.15) is 0 Å². The standard InChI is InChI=1S/C13H19NO/c1-9-4-5-10(2)12(8-9)13-11(3)15-7-6-14-13/h4-5,8,11,13-14H,6-7H2,1-3H3. The maximum absolute atomic E-state index is 5.68. The van der Waals surface area contributed by atoms with Crippen LogP contribution in [-0.2, 0) is 4.74 Å². The van der Waals surface area contributed by atoms with E-state index in [9.17, 15) is 0 Å². The molecular formula is C13H19NO. The molecule has 0 amide bonds. The molecule has 2 nitrogen and oxygen atoms in total. The Morgan fingerprint density at radius 3 is 2.87 bits per heavy atom. The Hall–Kier alpha value is -0.860.